The van der Waals surface area contributed by atoms with Crippen molar-refractivity contribution < 1.29 is 24.2 Å². The molecule has 0 bridgehead atoms. The molecule has 0 aromatic heterocycles. The maximum absolute atomic E-state index is 13.1. The van der Waals surface area contributed by atoms with Gasteiger partial charge in [-0.1, -0.05) is 40.2 Å². The highest BCUT2D eigenvalue weighted by Gasteiger charge is 2.45. The summed E-state index contributed by atoms with van der Waals surface area (Å²) in [6.07, 6.45) is 0.714. The van der Waals surface area contributed by atoms with Crippen molar-refractivity contribution in [1.82, 2.24) is 9.80 Å². The van der Waals surface area contributed by atoms with Crippen molar-refractivity contribution in [1.29, 1.82) is 0 Å². The number of ketones is 1. The molecule has 0 saturated carbocycles. The predicted octanol–water partition coefficient (Wildman–Crippen LogP) is 3.60. The van der Waals surface area contributed by atoms with Crippen molar-refractivity contribution in [2.75, 3.05) is 46.5 Å². The molecule has 2 aliphatic heterocycles. The molecule has 2 aromatic carbocycles. The summed E-state index contributed by atoms with van der Waals surface area (Å²) in [5.41, 5.74) is 1.30. The van der Waals surface area contributed by atoms with Crippen LogP contribution in [0.4, 0.5) is 0 Å². The molecule has 2 saturated heterocycles. The van der Waals surface area contributed by atoms with Crippen LogP contribution in [0.1, 0.15) is 23.6 Å². The highest BCUT2D eigenvalue weighted by molar-refractivity contribution is 9.10. The molecule has 2 aliphatic rings. The van der Waals surface area contributed by atoms with Gasteiger partial charge in [0.25, 0.3) is 11.7 Å². The van der Waals surface area contributed by atoms with E-state index in [1.54, 1.807) is 42.3 Å². The van der Waals surface area contributed by atoms with Gasteiger partial charge in [-0.2, -0.15) is 0 Å². The Morgan fingerprint density at radius 3 is 2.55 bits per heavy atom. The van der Waals surface area contributed by atoms with Crippen LogP contribution >= 0.6 is 15.9 Å². The molecular weight excluding hydrogens is 488 g/mol. The second kappa shape index (κ2) is 10.5. The summed E-state index contributed by atoms with van der Waals surface area (Å²) in [5, 5.41) is 11.1. The quantitative estimate of drug-likeness (QED) is 0.345. The summed E-state index contributed by atoms with van der Waals surface area (Å²) < 4.78 is 11.6. The van der Waals surface area contributed by atoms with E-state index in [-0.39, 0.29) is 11.3 Å². The number of morpholine rings is 1. The number of rotatable bonds is 7. The first-order valence-corrected chi connectivity index (χ1v) is 11.8. The number of carbonyl (C=O) groups is 2. The van der Waals surface area contributed by atoms with Gasteiger partial charge in [-0.05, 0) is 36.2 Å². The zero-order valence-corrected chi connectivity index (χ0v) is 20.1. The topological polar surface area (TPSA) is 79.3 Å². The van der Waals surface area contributed by atoms with Gasteiger partial charge in [0.1, 0.15) is 11.5 Å². The minimum Gasteiger partial charge on any atom is -0.507 e. The van der Waals surface area contributed by atoms with E-state index in [0.717, 1.165) is 29.7 Å². The van der Waals surface area contributed by atoms with E-state index in [0.29, 0.717) is 37.5 Å². The number of halogens is 1. The van der Waals surface area contributed by atoms with Gasteiger partial charge in [-0.3, -0.25) is 14.5 Å². The molecule has 2 heterocycles. The van der Waals surface area contributed by atoms with Crippen LogP contribution in [0.3, 0.4) is 0 Å². The highest BCUT2D eigenvalue weighted by atomic mass is 79.9. The molecule has 1 atom stereocenters. The van der Waals surface area contributed by atoms with Crippen molar-refractivity contribution in [2.45, 2.75) is 12.5 Å². The van der Waals surface area contributed by atoms with Gasteiger partial charge in [0, 0.05) is 36.2 Å². The number of hydrogen-bond acceptors (Lipinski definition) is 6. The number of ether oxygens (including phenoxy) is 2. The standard InChI is InChI=1S/C25H27BrN2O5/c1-32-20-5-2-4-18(16-20)22-21(23(29)17-6-8-19(26)9-7-17)24(30)25(31)28(22)11-3-10-27-12-14-33-15-13-27/h2,4-9,16,22,29H,3,10-15H2,1H3/t22-/m1/s1. The molecule has 1 amide bonds. The van der Waals surface area contributed by atoms with Gasteiger partial charge in [-0.25, -0.2) is 0 Å². The molecule has 4 rings (SSSR count). The number of nitrogens with zero attached hydrogens (tertiary/aromatic N) is 2. The van der Waals surface area contributed by atoms with Crippen LogP contribution in [0.5, 0.6) is 5.75 Å². The number of hydrogen-bond donors (Lipinski definition) is 1. The van der Waals surface area contributed by atoms with Gasteiger partial charge in [0.2, 0.25) is 0 Å². The number of likely N-dealkylation sites (tertiary alicyclic amines) is 1. The Morgan fingerprint density at radius 2 is 1.85 bits per heavy atom. The van der Waals surface area contributed by atoms with E-state index >= 15 is 0 Å². The molecule has 0 aliphatic carbocycles. The van der Waals surface area contributed by atoms with Crippen LogP contribution in [0, 0.1) is 0 Å². The summed E-state index contributed by atoms with van der Waals surface area (Å²) in [6.45, 7) is 4.36. The van der Waals surface area contributed by atoms with E-state index in [1.807, 2.05) is 18.2 Å². The number of Topliss-reactive ketones (excluding diaryl/α,β-unsaturated/α-hetero) is 1. The van der Waals surface area contributed by atoms with Gasteiger partial charge in [0.15, 0.2) is 0 Å². The maximum Gasteiger partial charge on any atom is 0.295 e. The molecular formula is C25H27BrN2O5. The molecule has 1 N–H and O–H groups in total. The van der Waals surface area contributed by atoms with Gasteiger partial charge in [-0.15, -0.1) is 0 Å². The van der Waals surface area contributed by atoms with Crippen molar-refractivity contribution in [3.63, 3.8) is 0 Å². The molecule has 2 fully saturated rings. The number of methoxy groups -OCH3 is 1. The summed E-state index contributed by atoms with van der Waals surface area (Å²) >= 11 is 3.38. The third kappa shape index (κ3) is 5.13. The number of aliphatic hydroxyl groups excluding tert-OH is 1. The Morgan fingerprint density at radius 1 is 1.12 bits per heavy atom. The van der Waals surface area contributed by atoms with E-state index in [4.69, 9.17) is 9.47 Å². The maximum atomic E-state index is 13.1. The third-order valence-corrected chi connectivity index (χ3v) is 6.57. The normalized spacial score (nSPS) is 20.9. The summed E-state index contributed by atoms with van der Waals surface area (Å²) in [7, 11) is 1.57. The minimum atomic E-state index is -0.687. The summed E-state index contributed by atoms with van der Waals surface area (Å²) in [5.74, 6) is -0.822. The lowest BCUT2D eigenvalue weighted by atomic mass is 9.95. The average Bonchev–Trinajstić information content (AvgIpc) is 3.10. The van der Waals surface area contributed by atoms with Crippen molar-refractivity contribution in [3.05, 3.63) is 69.7 Å². The summed E-state index contributed by atoms with van der Waals surface area (Å²) in [4.78, 5) is 30.1. The fourth-order valence-electron chi connectivity index (χ4n) is 4.32. The second-order valence-corrected chi connectivity index (χ2v) is 9.00. The van der Waals surface area contributed by atoms with Crippen molar-refractivity contribution in [2.24, 2.45) is 0 Å². The van der Waals surface area contributed by atoms with E-state index < -0.39 is 17.7 Å². The Hall–Kier alpha value is -2.68. The zero-order valence-electron chi connectivity index (χ0n) is 18.5. The lowest BCUT2D eigenvalue weighted by Crippen LogP contribution is -2.38. The minimum absolute atomic E-state index is 0.0990. The average molecular weight is 515 g/mol. The number of amides is 1. The van der Waals surface area contributed by atoms with Crippen molar-refractivity contribution >= 4 is 33.4 Å². The third-order valence-electron chi connectivity index (χ3n) is 6.04. The summed E-state index contributed by atoms with van der Waals surface area (Å²) in [6, 6.07) is 13.6. The second-order valence-electron chi connectivity index (χ2n) is 8.08. The highest BCUT2D eigenvalue weighted by Crippen LogP contribution is 2.40. The molecule has 8 heteroatoms. The smallest absolute Gasteiger partial charge is 0.295 e. The molecule has 7 nitrogen and oxygen atoms in total. The molecule has 0 radical (unpaired) electrons. The molecule has 33 heavy (non-hydrogen) atoms. The lowest BCUT2D eigenvalue weighted by molar-refractivity contribution is -0.140. The molecule has 0 spiro atoms. The van der Waals surface area contributed by atoms with Crippen molar-refractivity contribution in [3.8, 4) is 5.75 Å². The molecule has 174 valence electrons. The Labute approximate surface area is 201 Å². The van der Waals surface area contributed by atoms with E-state index in [9.17, 15) is 14.7 Å². The largest absolute Gasteiger partial charge is 0.507 e. The van der Waals surface area contributed by atoms with Crippen LogP contribution < -0.4 is 4.74 Å². The van der Waals surface area contributed by atoms with Crippen LogP contribution in [-0.2, 0) is 14.3 Å². The van der Waals surface area contributed by atoms with Crippen LogP contribution in [-0.4, -0.2) is 73.1 Å². The first kappa shape index (κ1) is 23.5. The first-order chi connectivity index (χ1) is 16.0. The van der Waals surface area contributed by atoms with Crippen LogP contribution in [0.25, 0.3) is 5.76 Å². The SMILES string of the molecule is COc1cccc([C@@H]2C(=C(O)c3ccc(Br)cc3)C(=O)C(=O)N2CCCN2CCOCC2)c1. The number of aliphatic hydroxyl groups is 1. The number of benzene rings is 2. The van der Waals surface area contributed by atoms with E-state index in [1.165, 1.54) is 0 Å². The monoisotopic (exact) mass is 514 g/mol. The fourth-order valence-corrected chi connectivity index (χ4v) is 4.59. The predicted molar refractivity (Wildman–Crippen MR) is 128 cm³/mol. The Bertz CT molecular complexity index is 1050. The Kier molecular flexibility index (Phi) is 7.47. The first-order valence-electron chi connectivity index (χ1n) is 11.0. The van der Waals surface area contributed by atoms with Crippen LogP contribution in [0.15, 0.2) is 58.6 Å². The zero-order chi connectivity index (χ0) is 23.4. The fraction of sp³-hybridized carbons (Fsp3) is 0.360. The van der Waals surface area contributed by atoms with Gasteiger partial charge < -0.3 is 19.5 Å². The molecule has 0 unspecified atom stereocenters. The van der Waals surface area contributed by atoms with Gasteiger partial charge >= 0.3 is 0 Å². The van der Waals surface area contributed by atoms with E-state index in [2.05, 4.69) is 20.8 Å². The lowest BCUT2D eigenvalue weighted by Gasteiger charge is -2.29. The molecule has 2 aromatic rings. The Balaban J connectivity index is 1.68. The van der Waals surface area contributed by atoms with Crippen LogP contribution in [0.2, 0.25) is 0 Å². The number of carbonyl (C=O) groups excluding carboxylic acids is 2. The van der Waals surface area contributed by atoms with Gasteiger partial charge in [0.05, 0.1) is 31.9 Å².